The number of ether oxygens (including phenoxy) is 1. The van der Waals surface area contributed by atoms with Gasteiger partial charge in [-0.05, 0) is 24.3 Å². The van der Waals surface area contributed by atoms with E-state index in [1.165, 1.54) is 6.33 Å². The molecule has 0 bridgehead atoms. The number of nitrogens with zero attached hydrogens (tertiary/aromatic N) is 2. The number of hydrogen-bond acceptors (Lipinski definition) is 5. The first-order valence-electron chi connectivity index (χ1n) is 6.79. The van der Waals surface area contributed by atoms with Gasteiger partial charge in [-0.2, -0.15) is 0 Å². The van der Waals surface area contributed by atoms with Crippen LogP contribution < -0.4 is 10.5 Å². The predicted octanol–water partition coefficient (Wildman–Crippen LogP) is 3.74. The molecule has 1 heterocycles. The molecule has 0 spiro atoms. The standard InChI is InChI=1S/C17H12ClN3O2/c18-16-14(17(19)21-10-20-16)15(22)12-8-4-5-9-13(12)23-11-6-2-1-3-7-11/h1-10H,(H2,19,20,21). The maximum absolute atomic E-state index is 12.8. The van der Waals surface area contributed by atoms with Crippen LogP contribution in [0.1, 0.15) is 15.9 Å². The Morgan fingerprint density at radius 3 is 2.43 bits per heavy atom. The van der Waals surface area contributed by atoms with Gasteiger partial charge in [0.1, 0.15) is 34.4 Å². The molecule has 0 saturated heterocycles. The lowest BCUT2D eigenvalue weighted by Gasteiger charge is -2.11. The summed E-state index contributed by atoms with van der Waals surface area (Å²) in [5.41, 5.74) is 6.17. The average Bonchev–Trinajstić information content (AvgIpc) is 2.56. The third-order valence-electron chi connectivity index (χ3n) is 3.16. The highest BCUT2D eigenvalue weighted by Crippen LogP contribution is 2.29. The summed E-state index contributed by atoms with van der Waals surface area (Å²) in [6.07, 6.45) is 1.21. The lowest BCUT2D eigenvalue weighted by atomic mass is 10.0. The molecule has 0 aliphatic heterocycles. The van der Waals surface area contributed by atoms with E-state index < -0.39 is 0 Å². The zero-order chi connectivity index (χ0) is 16.2. The van der Waals surface area contributed by atoms with Crippen molar-refractivity contribution in [3.63, 3.8) is 0 Å². The Labute approximate surface area is 137 Å². The molecule has 0 unspecified atom stereocenters. The number of hydrogen-bond donors (Lipinski definition) is 1. The molecule has 1 aromatic heterocycles. The molecule has 0 fully saturated rings. The second-order valence-corrected chi connectivity index (χ2v) is 5.02. The summed E-state index contributed by atoms with van der Waals surface area (Å²) in [4.78, 5) is 20.4. The number of carbonyl (C=O) groups is 1. The fraction of sp³-hybridized carbons (Fsp3) is 0. The fourth-order valence-electron chi connectivity index (χ4n) is 2.08. The minimum Gasteiger partial charge on any atom is -0.457 e. The zero-order valence-corrected chi connectivity index (χ0v) is 12.7. The smallest absolute Gasteiger partial charge is 0.203 e. The largest absolute Gasteiger partial charge is 0.457 e. The van der Waals surface area contributed by atoms with Crippen molar-refractivity contribution in [1.82, 2.24) is 9.97 Å². The molecule has 0 saturated carbocycles. The molecule has 3 aromatic rings. The Morgan fingerprint density at radius 1 is 1.00 bits per heavy atom. The number of anilines is 1. The van der Waals surface area contributed by atoms with Crippen LogP contribution in [0.2, 0.25) is 5.15 Å². The molecule has 23 heavy (non-hydrogen) atoms. The number of aromatic nitrogens is 2. The van der Waals surface area contributed by atoms with Crippen LogP contribution in [-0.2, 0) is 0 Å². The number of carbonyl (C=O) groups excluding carboxylic acids is 1. The number of nitrogens with two attached hydrogens (primary N) is 1. The molecule has 0 radical (unpaired) electrons. The van der Waals surface area contributed by atoms with E-state index in [1.807, 2.05) is 18.2 Å². The van der Waals surface area contributed by atoms with Crippen LogP contribution in [0.15, 0.2) is 60.9 Å². The van der Waals surface area contributed by atoms with Crippen molar-refractivity contribution in [2.75, 3.05) is 5.73 Å². The van der Waals surface area contributed by atoms with Crippen molar-refractivity contribution < 1.29 is 9.53 Å². The summed E-state index contributed by atoms with van der Waals surface area (Å²) >= 11 is 5.99. The van der Waals surface area contributed by atoms with E-state index in [2.05, 4.69) is 9.97 Å². The Bertz CT molecular complexity index is 833. The number of rotatable bonds is 4. The lowest BCUT2D eigenvalue weighted by molar-refractivity contribution is 0.103. The van der Waals surface area contributed by atoms with Crippen molar-refractivity contribution in [1.29, 1.82) is 0 Å². The Hall–Kier alpha value is -2.92. The first-order chi connectivity index (χ1) is 11.2. The third kappa shape index (κ3) is 3.14. The molecule has 2 N–H and O–H groups in total. The molecule has 5 nitrogen and oxygen atoms in total. The van der Waals surface area contributed by atoms with E-state index >= 15 is 0 Å². The van der Waals surface area contributed by atoms with Gasteiger partial charge in [0.15, 0.2) is 0 Å². The van der Waals surface area contributed by atoms with E-state index in [9.17, 15) is 4.79 Å². The summed E-state index contributed by atoms with van der Waals surface area (Å²) < 4.78 is 5.79. The quantitative estimate of drug-likeness (QED) is 0.584. The van der Waals surface area contributed by atoms with E-state index in [4.69, 9.17) is 22.1 Å². The van der Waals surface area contributed by atoms with Crippen molar-refractivity contribution in [2.45, 2.75) is 0 Å². The van der Waals surface area contributed by atoms with Gasteiger partial charge in [0.2, 0.25) is 5.78 Å². The third-order valence-corrected chi connectivity index (χ3v) is 3.45. The first-order valence-corrected chi connectivity index (χ1v) is 7.17. The molecule has 0 aliphatic rings. The van der Waals surface area contributed by atoms with E-state index in [0.29, 0.717) is 17.1 Å². The van der Waals surface area contributed by atoms with Crippen molar-refractivity contribution >= 4 is 23.2 Å². The van der Waals surface area contributed by atoms with Gasteiger partial charge in [-0.15, -0.1) is 0 Å². The number of ketones is 1. The maximum Gasteiger partial charge on any atom is 0.203 e. The monoisotopic (exact) mass is 325 g/mol. The molecular formula is C17H12ClN3O2. The van der Waals surface area contributed by atoms with Gasteiger partial charge in [0.05, 0.1) is 5.56 Å². The SMILES string of the molecule is Nc1ncnc(Cl)c1C(=O)c1ccccc1Oc1ccccc1. The number of para-hydroxylation sites is 2. The zero-order valence-electron chi connectivity index (χ0n) is 11.9. The van der Waals surface area contributed by atoms with E-state index in [0.717, 1.165) is 0 Å². The summed E-state index contributed by atoms with van der Waals surface area (Å²) in [6.45, 7) is 0. The van der Waals surface area contributed by atoms with Crippen LogP contribution in [-0.4, -0.2) is 15.8 Å². The van der Waals surface area contributed by atoms with E-state index in [-0.39, 0.29) is 22.3 Å². The van der Waals surface area contributed by atoms with Crippen LogP contribution in [0.25, 0.3) is 0 Å². The molecule has 2 aromatic carbocycles. The molecule has 6 heteroatoms. The Morgan fingerprint density at radius 2 is 1.70 bits per heavy atom. The molecule has 114 valence electrons. The molecule has 0 aliphatic carbocycles. The Balaban J connectivity index is 2.02. The molecule has 0 atom stereocenters. The molecule has 3 rings (SSSR count). The second kappa shape index (κ2) is 6.46. The van der Waals surface area contributed by atoms with Crippen LogP contribution in [0.5, 0.6) is 11.5 Å². The highest BCUT2D eigenvalue weighted by molar-refractivity contribution is 6.34. The van der Waals surface area contributed by atoms with Gasteiger partial charge >= 0.3 is 0 Å². The van der Waals surface area contributed by atoms with Crippen molar-refractivity contribution in [3.8, 4) is 11.5 Å². The van der Waals surface area contributed by atoms with Gasteiger partial charge in [-0.3, -0.25) is 4.79 Å². The summed E-state index contributed by atoms with van der Waals surface area (Å²) in [6, 6.07) is 16.0. The van der Waals surface area contributed by atoms with E-state index in [1.54, 1.807) is 36.4 Å². The van der Waals surface area contributed by atoms with Gasteiger partial charge < -0.3 is 10.5 Å². The minimum absolute atomic E-state index is 0.0111. The van der Waals surface area contributed by atoms with Gasteiger partial charge in [-0.25, -0.2) is 9.97 Å². The Kier molecular flexibility index (Phi) is 4.21. The average molecular weight is 326 g/mol. The van der Waals surface area contributed by atoms with Crippen LogP contribution in [0.4, 0.5) is 5.82 Å². The van der Waals surface area contributed by atoms with Gasteiger partial charge in [0.25, 0.3) is 0 Å². The van der Waals surface area contributed by atoms with Crippen LogP contribution in [0.3, 0.4) is 0 Å². The van der Waals surface area contributed by atoms with Gasteiger partial charge in [-0.1, -0.05) is 41.9 Å². The number of nitrogen functional groups attached to an aromatic ring is 1. The lowest BCUT2D eigenvalue weighted by Crippen LogP contribution is -2.10. The van der Waals surface area contributed by atoms with Crippen molar-refractivity contribution in [2.24, 2.45) is 0 Å². The van der Waals surface area contributed by atoms with Crippen molar-refractivity contribution in [3.05, 3.63) is 77.2 Å². The molecular weight excluding hydrogens is 314 g/mol. The minimum atomic E-state index is -0.389. The first kappa shape index (κ1) is 15.0. The number of benzene rings is 2. The number of halogens is 1. The normalized spacial score (nSPS) is 10.3. The molecule has 0 amide bonds. The van der Waals surface area contributed by atoms with Crippen LogP contribution in [0, 0.1) is 0 Å². The highest BCUT2D eigenvalue weighted by Gasteiger charge is 2.21. The summed E-state index contributed by atoms with van der Waals surface area (Å²) in [5.74, 6) is 0.670. The predicted molar refractivity (Wildman–Crippen MR) is 87.8 cm³/mol. The van der Waals surface area contributed by atoms with Crippen LogP contribution >= 0.6 is 11.6 Å². The summed E-state index contributed by atoms with van der Waals surface area (Å²) in [7, 11) is 0. The highest BCUT2D eigenvalue weighted by atomic mass is 35.5. The fourth-order valence-corrected chi connectivity index (χ4v) is 2.31. The maximum atomic E-state index is 12.8. The van der Waals surface area contributed by atoms with Gasteiger partial charge in [0, 0.05) is 0 Å². The summed E-state index contributed by atoms with van der Waals surface area (Å²) in [5, 5.41) is 0.0111. The second-order valence-electron chi connectivity index (χ2n) is 4.67. The topological polar surface area (TPSA) is 78.1 Å².